The number of likely N-dealkylation sites (tertiary alicyclic amines) is 1. The molecular weight excluding hydrogens is 228 g/mol. The Labute approximate surface area is 108 Å². The molecule has 1 aromatic rings. The fraction of sp³-hybridized carbons (Fsp3) is 0.846. The van der Waals surface area contributed by atoms with E-state index < -0.39 is 0 Å². The molecule has 0 radical (unpaired) electrons. The molecule has 2 fully saturated rings. The van der Waals surface area contributed by atoms with Crippen molar-refractivity contribution in [1.82, 2.24) is 15.0 Å². The molecule has 18 heavy (non-hydrogen) atoms. The standard InChI is InChI=1S/C13H22N4O/c14-11(9-17-7-2-1-3-8-17)12-15-13(18-16-12)10-5-4-6-10/h10-11H,1-9,14H2. The van der Waals surface area contributed by atoms with Crippen molar-refractivity contribution in [3.05, 3.63) is 11.7 Å². The fourth-order valence-corrected chi connectivity index (χ4v) is 2.72. The van der Waals surface area contributed by atoms with Crippen LogP contribution in [0.25, 0.3) is 0 Å². The summed E-state index contributed by atoms with van der Waals surface area (Å²) in [5, 5.41) is 4.05. The van der Waals surface area contributed by atoms with Gasteiger partial charge >= 0.3 is 0 Å². The number of nitrogens with two attached hydrogens (primary N) is 1. The van der Waals surface area contributed by atoms with Gasteiger partial charge in [0.15, 0.2) is 5.82 Å². The largest absolute Gasteiger partial charge is 0.339 e. The zero-order chi connectivity index (χ0) is 12.4. The van der Waals surface area contributed by atoms with Gasteiger partial charge in [0.2, 0.25) is 5.89 Å². The molecule has 1 saturated heterocycles. The normalized spacial score (nSPS) is 23.8. The van der Waals surface area contributed by atoms with Crippen LogP contribution >= 0.6 is 0 Å². The minimum Gasteiger partial charge on any atom is -0.339 e. The summed E-state index contributed by atoms with van der Waals surface area (Å²) in [6.07, 6.45) is 7.56. The maximum Gasteiger partial charge on any atom is 0.229 e. The van der Waals surface area contributed by atoms with Crippen molar-refractivity contribution in [3.63, 3.8) is 0 Å². The summed E-state index contributed by atoms with van der Waals surface area (Å²) in [4.78, 5) is 6.88. The Morgan fingerprint density at radius 1 is 1.22 bits per heavy atom. The lowest BCUT2D eigenvalue weighted by molar-refractivity contribution is 0.213. The molecule has 2 aliphatic rings. The first-order chi connectivity index (χ1) is 8.83. The number of hydrogen-bond donors (Lipinski definition) is 1. The molecule has 100 valence electrons. The molecule has 0 amide bonds. The van der Waals surface area contributed by atoms with Gasteiger partial charge in [-0.15, -0.1) is 0 Å². The first-order valence-electron chi connectivity index (χ1n) is 7.14. The van der Waals surface area contributed by atoms with Crippen molar-refractivity contribution in [1.29, 1.82) is 0 Å². The highest BCUT2D eigenvalue weighted by atomic mass is 16.5. The number of hydrogen-bond acceptors (Lipinski definition) is 5. The average molecular weight is 250 g/mol. The summed E-state index contributed by atoms with van der Waals surface area (Å²) in [6, 6.07) is -0.110. The minimum absolute atomic E-state index is 0.110. The quantitative estimate of drug-likeness (QED) is 0.882. The molecule has 5 nitrogen and oxygen atoms in total. The second-order valence-electron chi connectivity index (χ2n) is 5.59. The van der Waals surface area contributed by atoms with Crippen LogP contribution in [0.2, 0.25) is 0 Å². The van der Waals surface area contributed by atoms with E-state index in [2.05, 4.69) is 15.0 Å². The molecule has 1 aliphatic carbocycles. The molecular formula is C13H22N4O. The average Bonchev–Trinajstić information content (AvgIpc) is 2.77. The Hall–Kier alpha value is -0.940. The van der Waals surface area contributed by atoms with Crippen LogP contribution in [0.15, 0.2) is 4.52 Å². The zero-order valence-electron chi connectivity index (χ0n) is 10.8. The zero-order valence-corrected chi connectivity index (χ0v) is 10.8. The fourth-order valence-electron chi connectivity index (χ4n) is 2.72. The van der Waals surface area contributed by atoms with Gasteiger partial charge in [0, 0.05) is 12.5 Å². The molecule has 0 aromatic carbocycles. The first kappa shape index (κ1) is 12.1. The van der Waals surface area contributed by atoms with E-state index in [0.717, 1.165) is 25.5 Å². The van der Waals surface area contributed by atoms with E-state index >= 15 is 0 Å². The molecule has 1 aliphatic heterocycles. The van der Waals surface area contributed by atoms with Crippen molar-refractivity contribution in [2.24, 2.45) is 5.73 Å². The van der Waals surface area contributed by atoms with Gasteiger partial charge in [-0.25, -0.2) is 0 Å². The van der Waals surface area contributed by atoms with E-state index in [9.17, 15) is 0 Å². The van der Waals surface area contributed by atoms with Gasteiger partial charge < -0.3 is 15.2 Å². The van der Waals surface area contributed by atoms with Gasteiger partial charge in [-0.3, -0.25) is 0 Å². The summed E-state index contributed by atoms with van der Waals surface area (Å²) in [6.45, 7) is 3.16. The monoisotopic (exact) mass is 250 g/mol. The lowest BCUT2D eigenvalue weighted by atomic mass is 9.85. The van der Waals surface area contributed by atoms with E-state index in [1.165, 1.54) is 38.5 Å². The second-order valence-corrected chi connectivity index (χ2v) is 5.59. The number of rotatable bonds is 4. The van der Waals surface area contributed by atoms with Crippen LogP contribution in [0, 0.1) is 0 Å². The Morgan fingerprint density at radius 3 is 2.67 bits per heavy atom. The van der Waals surface area contributed by atoms with Gasteiger partial charge in [-0.1, -0.05) is 18.0 Å². The van der Waals surface area contributed by atoms with Gasteiger partial charge in [0.1, 0.15) is 0 Å². The molecule has 2 heterocycles. The van der Waals surface area contributed by atoms with Crippen LogP contribution in [-0.2, 0) is 0 Å². The Morgan fingerprint density at radius 2 is 2.00 bits per heavy atom. The lowest BCUT2D eigenvalue weighted by Gasteiger charge is -2.27. The molecule has 0 spiro atoms. The summed E-state index contributed by atoms with van der Waals surface area (Å²) in [5.74, 6) is 1.97. The van der Waals surface area contributed by atoms with Gasteiger partial charge in [-0.2, -0.15) is 4.98 Å². The highest BCUT2D eigenvalue weighted by Crippen LogP contribution is 2.35. The van der Waals surface area contributed by atoms with Gasteiger partial charge in [0.25, 0.3) is 0 Å². The third-order valence-electron chi connectivity index (χ3n) is 4.15. The maximum atomic E-state index is 6.17. The van der Waals surface area contributed by atoms with E-state index in [0.29, 0.717) is 11.7 Å². The summed E-state index contributed by atoms with van der Waals surface area (Å²) >= 11 is 0. The van der Waals surface area contributed by atoms with Crippen LogP contribution in [0.3, 0.4) is 0 Å². The van der Waals surface area contributed by atoms with Crippen molar-refractivity contribution in [3.8, 4) is 0 Å². The van der Waals surface area contributed by atoms with Crippen molar-refractivity contribution in [2.75, 3.05) is 19.6 Å². The Bertz CT molecular complexity index is 382. The molecule has 1 atom stereocenters. The predicted octanol–water partition coefficient (Wildman–Crippen LogP) is 1.82. The smallest absolute Gasteiger partial charge is 0.229 e. The van der Waals surface area contributed by atoms with Crippen LogP contribution in [0.5, 0.6) is 0 Å². The molecule has 3 rings (SSSR count). The summed E-state index contributed by atoms with van der Waals surface area (Å²) in [7, 11) is 0. The topological polar surface area (TPSA) is 68.2 Å². The van der Waals surface area contributed by atoms with Gasteiger partial charge in [-0.05, 0) is 38.8 Å². The lowest BCUT2D eigenvalue weighted by Crippen LogP contribution is -2.36. The van der Waals surface area contributed by atoms with Crippen LogP contribution in [0.4, 0.5) is 0 Å². The third kappa shape index (κ3) is 2.57. The molecule has 2 N–H and O–H groups in total. The Balaban J connectivity index is 1.57. The molecule has 5 heteroatoms. The SMILES string of the molecule is NC(CN1CCCCC1)c1noc(C2CCC2)n1. The van der Waals surface area contributed by atoms with Gasteiger partial charge in [0.05, 0.1) is 6.04 Å². The molecule has 1 saturated carbocycles. The predicted molar refractivity (Wildman–Crippen MR) is 68.1 cm³/mol. The summed E-state index contributed by atoms with van der Waals surface area (Å²) < 4.78 is 5.32. The van der Waals surface area contributed by atoms with Crippen molar-refractivity contribution in [2.45, 2.75) is 50.5 Å². The van der Waals surface area contributed by atoms with Crippen LogP contribution in [0.1, 0.15) is 62.2 Å². The van der Waals surface area contributed by atoms with Crippen LogP contribution in [-0.4, -0.2) is 34.7 Å². The number of piperidine rings is 1. The molecule has 0 bridgehead atoms. The van der Waals surface area contributed by atoms with E-state index in [-0.39, 0.29) is 6.04 Å². The maximum absolute atomic E-state index is 6.17. The highest BCUT2D eigenvalue weighted by molar-refractivity contribution is 5.01. The highest BCUT2D eigenvalue weighted by Gasteiger charge is 2.27. The number of aromatic nitrogens is 2. The Kier molecular flexibility index (Phi) is 3.61. The number of nitrogens with zero attached hydrogens (tertiary/aromatic N) is 3. The van der Waals surface area contributed by atoms with Crippen molar-refractivity contribution < 1.29 is 4.52 Å². The first-order valence-corrected chi connectivity index (χ1v) is 7.14. The third-order valence-corrected chi connectivity index (χ3v) is 4.15. The van der Waals surface area contributed by atoms with Crippen LogP contribution < -0.4 is 5.73 Å². The van der Waals surface area contributed by atoms with E-state index in [1.807, 2.05) is 0 Å². The minimum atomic E-state index is -0.110. The van der Waals surface area contributed by atoms with E-state index in [1.54, 1.807) is 0 Å². The van der Waals surface area contributed by atoms with Crippen molar-refractivity contribution >= 4 is 0 Å². The molecule has 1 aromatic heterocycles. The second kappa shape index (κ2) is 5.36. The molecule has 1 unspecified atom stereocenters. The van der Waals surface area contributed by atoms with E-state index in [4.69, 9.17) is 10.3 Å². The summed E-state index contributed by atoms with van der Waals surface area (Å²) in [5.41, 5.74) is 6.17.